The van der Waals surface area contributed by atoms with Crippen LogP contribution in [0.3, 0.4) is 0 Å². The highest BCUT2D eigenvalue weighted by molar-refractivity contribution is 5.25. The number of nitrogens with two attached hydrogens (primary N) is 1. The Bertz CT molecular complexity index is 300. The van der Waals surface area contributed by atoms with Crippen molar-refractivity contribution in [3.8, 4) is 0 Å². The lowest BCUT2D eigenvalue weighted by Gasteiger charge is -2.32. The van der Waals surface area contributed by atoms with E-state index in [4.69, 9.17) is 5.73 Å². The van der Waals surface area contributed by atoms with Crippen LogP contribution in [0.4, 0.5) is 0 Å². The summed E-state index contributed by atoms with van der Waals surface area (Å²) in [7, 11) is 0. The molecule has 0 aliphatic carbocycles. The summed E-state index contributed by atoms with van der Waals surface area (Å²) < 4.78 is 0. The van der Waals surface area contributed by atoms with Crippen molar-refractivity contribution in [2.24, 2.45) is 5.73 Å². The molecule has 82 valence electrons. The Morgan fingerprint density at radius 3 is 2.47 bits per heavy atom. The molecule has 0 fully saturated rings. The molecule has 0 saturated carbocycles. The number of rotatable bonds is 5. The maximum absolute atomic E-state index is 6.22. The molecule has 0 radical (unpaired) electrons. The van der Waals surface area contributed by atoms with Crippen LogP contribution in [0.1, 0.15) is 32.3 Å². The molecule has 1 heteroatoms. The lowest BCUT2D eigenvalue weighted by atomic mass is 9.76. The second-order valence-corrected chi connectivity index (χ2v) is 4.56. The van der Waals surface area contributed by atoms with Gasteiger partial charge in [0.25, 0.3) is 0 Å². The van der Waals surface area contributed by atoms with Crippen molar-refractivity contribution < 1.29 is 0 Å². The SMILES string of the molecule is C=CCCC(N)C(C)(C)c1ccccc1. The van der Waals surface area contributed by atoms with Crippen molar-refractivity contribution in [1.29, 1.82) is 0 Å². The average molecular weight is 203 g/mol. The van der Waals surface area contributed by atoms with Gasteiger partial charge < -0.3 is 5.73 Å². The number of benzene rings is 1. The Labute approximate surface area is 93.0 Å². The molecule has 1 rings (SSSR count). The maximum Gasteiger partial charge on any atom is 0.0134 e. The molecule has 0 aliphatic heterocycles. The van der Waals surface area contributed by atoms with Crippen molar-refractivity contribution in [1.82, 2.24) is 0 Å². The molecule has 0 heterocycles. The molecule has 0 bridgehead atoms. The molecule has 1 unspecified atom stereocenters. The molecule has 1 aromatic rings. The molecule has 2 N–H and O–H groups in total. The molecule has 0 saturated heterocycles. The Kier molecular flexibility index (Phi) is 4.10. The molecule has 15 heavy (non-hydrogen) atoms. The van der Waals surface area contributed by atoms with Gasteiger partial charge in [-0.1, -0.05) is 50.3 Å². The van der Waals surface area contributed by atoms with E-state index in [-0.39, 0.29) is 11.5 Å². The minimum absolute atomic E-state index is 0.0320. The van der Waals surface area contributed by atoms with Crippen LogP contribution in [0.15, 0.2) is 43.0 Å². The van der Waals surface area contributed by atoms with Crippen LogP contribution >= 0.6 is 0 Å². The standard InChI is InChI=1S/C14H21N/c1-4-5-11-13(15)14(2,3)12-9-7-6-8-10-12/h4,6-10,13H,1,5,11,15H2,2-3H3. The zero-order valence-electron chi connectivity index (χ0n) is 9.74. The quantitative estimate of drug-likeness (QED) is 0.730. The summed E-state index contributed by atoms with van der Waals surface area (Å²) in [5.74, 6) is 0. The highest BCUT2D eigenvalue weighted by Gasteiger charge is 2.27. The van der Waals surface area contributed by atoms with Gasteiger partial charge in [-0.2, -0.15) is 0 Å². The first-order valence-electron chi connectivity index (χ1n) is 5.51. The van der Waals surface area contributed by atoms with E-state index in [0.29, 0.717) is 0 Å². The molecular formula is C14H21N. The van der Waals surface area contributed by atoms with Crippen LogP contribution in [-0.2, 0) is 5.41 Å². The fraction of sp³-hybridized carbons (Fsp3) is 0.429. The van der Waals surface area contributed by atoms with E-state index in [0.717, 1.165) is 12.8 Å². The summed E-state index contributed by atoms with van der Waals surface area (Å²) in [5, 5.41) is 0. The van der Waals surface area contributed by atoms with Crippen molar-refractivity contribution in [3.63, 3.8) is 0 Å². The second-order valence-electron chi connectivity index (χ2n) is 4.56. The summed E-state index contributed by atoms with van der Waals surface area (Å²) in [6.07, 6.45) is 3.91. The molecular weight excluding hydrogens is 182 g/mol. The minimum atomic E-state index is 0.0320. The van der Waals surface area contributed by atoms with Gasteiger partial charge in [0.2, 0.25) is 0 Å². The van der Waals surface area contributed by atoms with E-state index in [1.807, 2.05) is 12.1 Å². The molecule has 1 aromatic carbocycles. The van der Waals surface area contributed by atoms with Gasteiger partial charge in [-0.3, -0.25) is 0 Å². The first kappa shape index (κ1) is 12.0. The third-order valence-electron chi connectivity index (χ3n) is 3.13. The minimum Gasteiger partial charge on any atom is -0.327 e. The molecule has 0 aliphatic rings. The van der Waals surface area contributed by atoms with Gasteiger partial charge >= 0.3 is 0 Å². The summed E-state index contributed by atoms with van der Waals surface area (Å²) in [6.45, 7) is 8.14. The van der Waals surface area contributed by atoms with Crippen LogP contribution in [0, 0.1) is 0 Å². The second kappa shape index (κ2) is 5.13. The lowest BCUT2D eigenvalue weighted by Crippen LogP contribution is -2.40. The van der Waals surface area contributed by atoms with E-state index >= 15 is 0 Å². The predicted octanol–water partition coefficient (Wildman–Crippen LogP) is 3.26. The van der Waals surface area contributed by atoms with Crippen molar-refractivity contribution in [2.45, 2.75) is 38.1 Å². The monoisotopic (exact) mass is 203 g/mol. The Hall–Kier alpha value is -1.08. The van der Waals surface area contributed by atoms with Gasteiger partial charge in [-0.05, 0) is 18.4 Å². The van der Waals surface area contributed by atoms with Gasteiger partial charge in [0.1, 0.15) is 0 Å². The average Bonchev–Trinajstić information content (AvgIpc) is 2.27. The highest BCUT2D eigenvalue weighted by Crippen LogP contribution is 2.27. The first-order chi connectivity index (χ1) is 7.09. The zero-order chi connectivity index (χ0) is 11.3. The summed E-state index contributed by atoms with van der Waals surface area (Å²) in [4.78, 5) is 0. The predicted molar refractivity (Wildman–Crippen MR) is 66.9 cm³/mol. The largest absolute Gasteiger partial charge is 0.327 e. The fourth-order valence-electron chi connectivity index (χ4n) is 1.74. The number of hydrogen-bond acceptors (Lipinski definition) is 1. The normalized spacial score (nSPS) is 13.5. The summed E-state index contributed by atoms with van der Waals surface area (Å²) >= 11 is 0. The third-order valence-corrected chi connectivity index (χ3v) is 3.13. The van der Waals surface area contributed by atoms with E-state index in [1.165, 1.54) is 5.56 Å². The van der Waals surface area contributed by atoms with Crippen molar-refractivity contribution in [3.05, 3.63) is 48.6 Å². The van der Waals surface area contributed by atoms with Gasteiger partial charge in [-0.15, -0.1) is 6.58 Å². The van der Waals surface area contributed by atoms with Gasteiger partial charge in [0, 0.05) is 11.5 Å². The molecule has 0 spiro atoms. The van der Waals surface area contributed by atoms with Crippen LogP contribution in [0.5, 0.6) is 0 Å². The fourth-order valence-corrected chi connectivity index (χ4v) is 1.74. The van der Waals surface area contributed by atoms with E-state index < -0.39 is 0 Å². The molecule has 1 nitrogen and oxygen atoms in total. The molecule has 0 aromatic heterocycles. The Morgan fingerprint density at radius 2 is 1.93 bits per heavy atom. The number of hydrogen-bond donors (Lipinski definition) is 1. The molecule has 1 atom stereocenters. The van der Waals surface area contributed by atoms with Crippen LogP contribution < -0.4 is 5.73 Å². The van der Waals surface area contributed by atoms with Crippen LogP contribution in [0.2, 0.25) is 0 Å². The van der Waals surface area contributed by atoms with E-state index in [2.05, 4.69) is 44.7 Å². The van der Waals surface area contributed by atoms with E-state index in [1.54, 1.807) is 0 Å². The highest BCUT2D eigenvalue weighted by atomic mass is 14.7. The lowest BCUT2D eigenvalue weighted by molar-refractivity contribution is 0.390. The van der Waals surface area contributed by atoms with Crippen LogP contribution in [0.25, 0.3) is 0 Å². The van der Waals surface area contributed by atoms with Gasteiger partial charge in [-0.25, -0.2) is 0 Å². The first-order valence-corrected chi connectivity index (χ1v) is 5.51. The topological polar surface area (TPSA) is 26.0 Å². The third kappa shape index (κ3) is 2.93. The molecule has 0 amide bonds. The smallest absolute Gasteiger partial charge is 0.0134 e. The summed E-state index contributed by atoms with van der Waals surface area (Å²) in [5.41, 5.74) is 7.56. The maximum atomic E-state index is 6.22. The summed E-state index contributed by atoms with van der Waals surface area (Å²) in [6, 6.07) is 10.6. The van der Waals surface area contributed by atoms with Gasteiger partial charge in [0.15, 0.2) is 0 Å². The number of allylic oxidation sites excluding steroid dienone is 1. The van der Waals surface area contributed by atoms with Crippen molar-refractivity contribution in [2.75, 3.05) is 0 Å². The Morgan fingerprint density at radius 1 is 1.33 bits per heavy atom. The van der Waals surface area contributed by atoms with Gasteiger partial charge in [0.05, 0.1) is 0 Å². The van der Waals surface area contributed by atoms with E-state index in [9.17, 15) is 0 Å². The van der Waals surface area contributed by atoms with Crippen molar-refractivity contribution >= 4 is 0 Å². The zero-order valence-corrected chi connectivity index (χ0v) is 9.74. The Balaban J connectivity index is 2.77. The van der Waals surface area contributed by atoms with Crippen LogP contribution in [-0.4, -0.2) is 6.04 Å².